The predicted octanol–water partition coefficient (Wildman–Crippen LogP) is 0.658. The Morgan fingerprint density at radius 3 is 2.57 bits per heavy atom. The van der Waals surface area contributed by atoms with E-state index in [9.17, 15) is 5.11 Å². The minimum atomic E-state index is -0.374. The molecule has 0 amide bonds. The van der Waals surface area contributed by atoms with Gasteiger partial charge in [-0.15, -0.1) is 0 Å². The van der Waals surface area contributed by atoms with Gasteiger partial charge in [-0.05, 0) is 18.5 Å². The maximum absolute atomic E-state index is 9.75. The van der Waals surface area contributed by atoms with Gasteiger partial charge in [0.25, 0.3) is 0 Å². The number of rotatable bonds is 6. The summed E-state index contributed by atoms with van der Waals surface area (Å²) < 4.78 is 0. The second-order valence-electron chi connectivity index (χ2n) is 3.25. The average Bonchev–Trinajstić information content (AvgIpc) is 2.25. The zero-order valence-corrected chi connectivity index (χ0v) is 8.32. The first kappa shape index (κ1) is 11.2. The topological polar surface area (TPSA) is 58.3 Å². The van der Waals surface area contributed by atoms with Crippen molar-refractivity contribution in [2.75, 3.05) is 19.6 Å². The Hall–Kier alpha value is -0.900. The van der Waals surface area contributed by atoms with Crippen molar-refractivity contribution in [1.82, 2.24) is 5.32 Å². The van der Waals surface area contributed by atoms with Crippen molar-refractivity contribution in [3.8, 4) is 0 Å². The molecule has 3 nitrogen and oxygen atoms in total. The number of hydrogen-bond donors (Lipinski definition) is 3. The van der Waals surface area contributed by atoms with Gasteiger partial charge in [-0.3, -0.25) is 0 Å². The van der Waals surface area contributed by atoms with Gasteiger partial charge in [0.1, 0.15) is 0 Å². The van der Waals surface area contributed by atoms with Crippen LogP contribution in [-0.2, 0) is 0 Å². The molecule has 0 saturated carbocycles. The molecule has 3 heteroatoms. The van der Waals surface area contributed by atoms with E-state index in [0.29, 0.717) is 6.54 Å². The Bertz CT molecular complexity index is 238. The van der Waals surface area contributed by atoms with Gasteiger partial charge in [-0.2, -0.15) is 0 Å². The molecule has 1 atom stereocenters. The predicted molar refractivity (Wildman–Crippen MR) is 57.9 cm³/mol. The smallest absolute Gasteiger partial charge is 0.0802 e. The lowest BCUT2D eigenvalue weighted by Gasteiger charge is -2.10. The molecule has 78 valence electrons. The second kappa shape index (κ2) is 6.54. The molecular formula is C11H18N2O. The number of hydrogen-bond acceptors (Lipinski definition) is 3. The molecule has 0 radical (unpaired) electrons. The molecule has 1 aromatic rings. The van der Waals surface area contributed by atoms with Gasteiger partial charge in [0.2, 0.25) is 0 Å². The third-order valence-electron chi connectivity index (χ3n) is 2.10. The maximum Gasteiger partial charge on any atom is 0.0802 e. The lowest BCUT2D eigenvalue weighted by atomic mass is 10.1. The summed E-state index contributed by atoms with van der Waals surface area (Å²) in [6.45, 7) is 2.25. The first-order chi connectivity index (χ1) is 6.84. The lowest BCUT2D eigenvalue weighted by Crippen LogP contribution is -2.24. The summed E-state index contributed by atoms with van der Waals surface area (Å²) in [4.78, 5) is 0. The molecule has 14 heavy (non-hydrogen) atoms. The summed E-state index contributed by atoms with van der Waals surface area (Å²) in [5.74, 6) is 0. The molecule has 1 unspecified atom stereocenters. The van der Waals surface area contributed by atoms with Gasteiger partial charge in [0.15, 0.2) is 0 Å². The van der Waals surface area contributed by atoms with E-state index >= 15 is 0 Å². The molecule has 0 heterocycles. The summed E-state index contributed by atoms with van der Waals surface area (Å²) in [6.07, 6.45) is 0.353. The highest BCUT2D eigenvalue weighted by Crippen LogP contribution is 2.14. The number of benzene rings is 1. The molecular weight excluding hydrogens is 176 g/mol. The summed E-state index contributed by atoms with van der Waals surface area (Å²) in [7, 11) is 0. The largest absolute Gasteiger partial charge is 0.388 e. The Balaban J connectivity index is 2.25. The van der Waals surface area contributed by atoms with Crippen LogP contribution in [0.1, 0.15) is 18.1 Å². The van der Waals surface area contributed by atoms with Crippen molar-refractivity contribution >= 4 is 0 Å². The fraction of sp³-hybridized carbons (Fsp3) is 0.455. The molecule has 0 fully saturated rings. The highest BCUT2D eigenvalue weighted by molar-refractivity contribution is 5.17. The van der Waals surface area contributed by atoms with Gasteiger partial charge in [0.05, 0.1) is 6.10 Å². The molecule has 0 aliphatic rings. The van der Waals surface area contributed by atoms with Crippen LogP contribution in [0.4, 0.5) is 0 Å². The van der Waals surface area contributed by atoms with Crippen molar-refractivity contribution in [1.29, 1.82) is 0 Å². The summed E-state index contributed by atoms with van der Waals surface area (Å²) in [6, 6.07) is 9.70. The molecule has 0 aliphatic carbocycles. The van der Waals surface area contributed by atoms with E-state index in [1.165, 1.54) is 0 Å². The molecule has 1 rings (SSSR count). The molecule has 0 saturated heterocycles. The highest BCUT2D eigenvalue weighted by atomic mass is 16.3. The standard InChI is InChI=1S/C11H18N2O/c12-7-9-13-8-6-11(14)10-4-2-1-3-5-10/h1-5,11,13-14H,6-9,12H2. The van der Waals surface area contributed by atoms with Crippen LogP contribution >= 0.6 is 0 Å². The third-order valence-corrected chi connectivity index (χ3v) is 2.10. The van der Waals surface area contributed by atoms with Crippen LogP contribution in [0, 0.1) is 0 Å². The number of aliphatic hydroxyl groups is 1. The first-order valence-corrected chi connectivity index (χ1v) is 4.98. The fourth-order valence-electron chi connectivity index (χ4n) is 1.31. The Morgan fingerprint density at radius 1 is 1.21 bits per heavy atom. The van der Waals surface area contributed by atoms with E-state index in [1.807, 2.05) is 30.3 Å². The maximum atomic E-state index is 9.75. The molecule has 0 aromatic heterocycles. The van der Waals surface area contributed by atoms with Crippen LogP contribution in [0.15, 0.2) is 30.3 Å². The third kappa shape index (κ3) is 3.87. The van der Waals surface area contributed by atoms with Gasteiger partial charge in [-0.25, -0.2) is 0 Å². The van der Waals surface area contributed by atoms with E-state index in [-0.39, 0.29) is 6.10 Å². The van der Waals surface area contributed by atoms with E-state index in [4.69, 9.17) is 5.73 Å². The normalized spacial score (nSPS) is 12.7. The summed E-state index contributed by atoms with van der Waals surface area (Å²) >= 11 is 0. The Labute approximate surface area is 84.9 Å². The molecule has 1 aromatic carbocycles. The van der Waals surface area contributed by atoms with Crippen molar-refractivity contribution < 1.29 is 5.11 Å². The first-order valence-electron chi connectivity index (χ1n) is 4.98. The summed E-state index contributed by atoms with van der Waals surface area (Å²) in [5, 5.41) is 12.9. The Morgan fingerprint density at radius 2 is 1.93 bits per heavy atom. The van der Waals surface area contributed by atoms with E-state index in [2.05, 4.69) is 5.32 Å². The zero-order valence-electron chi connectivity index (χ0n) is 8.32. The van der Waals surface area contributed by atoms with Crippen LogP contribution in [0.25, 0.3) is 0 Å². The Kier molecular flexibility index (Phi) is 5.22. The quantitative estimate of drug-likeness (QED) is 0.583. The second-order valence-corrected chi connectivity index (χ2v) is 3.25. The molecule has 4 N–H and O–H groups in total. The number of nitrogens with two attached hydrogens (primary N) is 1. The van der Waals surface area contributed by atoms with Crippen molar-refractivity contribution in [3.05, 3.63) is 35.9 Å². The SMILES string of the molecule is NCCNCCC(O)c1ccccc1. The van der Waals surface area contributed by atoms with Crippen LogP contribution in [0.5, 0.6) is 0 Å². The van der Waals surface area contributed by atoms with Crippen LogP contribution in [0.3, 0.4) is 0 Å². The zero-order chi connectivity index (χ0) is 10.2. The summed E-state index contributed by atoms with van der Waals surface area (Å²) in [5.41, 5.74) is 6.31. The minimum absolute atomic E-state index is 0.374. The number of nitrogens with one attached hydrogen (secondary N) is 1. The van der Waals surface area contributed by atoms with Gasteiger partial charge >= 0.3 is 0 Å². The van der Waals surface area contributed by atoms with E-state index in [0.717, 1.165) is 25.1 Å². The lowest BCUT2D eigenvalue weighted by molar-refractivity contribution is 0.167. The van der Waals surface area contributed by atoms with Crippen molar-refractivity contribution in [3.63, 3.8) is 0 Å². The van der Waals surface area contributed by atoms with E-state index in [1.54, 1.807) is 0 Å². The number of aliphatic hydroxyl groups excluding tert-OH is 1. The average molecular weight is 194 g/mol. The molecule has 0 spiro atoms. The van der Waals surface area contributed by atoms with Crippen molar-refractivity contribution in [2.24, 2.45) is 5.73 Å². The molecule has 0 aliphatic heterocycles. The van der Waals surface area contributed by atoms with Crippen LogP contribution < -0.4 is 11.1 Å². The highest BCUT2D eigenvalue weighted by Gasteiger charge is 2.04. The van der Waals surface area contributed by atoms with Crippen LogP contribution in [0.2, 0.25) is 0 Å². The minimum Gasteiger partial charge on any atom is -0.388 e. The van der Waals surface area contributed by atoms with Crippen molar-refractivity contribution in [2.45, 2.75) is 12.5 Å². The van der Waals surface area contributed by atoms with Crippen LogP contribution in [-0.4, -0.2) is 24.7 Å². The van der Waals surface area contributed by atoms with Gasteiger partial charge < -0.3 is 16.2 Å². The van der Waals surface area contributed by atoms with E-state index < -0.39 is 0 Å². The molecule has 0 bridgehead atoms. The fourth-order valence-corrected chi connectivity index (χ4v) is 1.31. The monoisotopic (exact) mass is 194 g/mol. The van der Waals surface area contributed by atoms with Gasteiger partial charge in [0, 0.05) is 13.1 Å². The van der Waals surface area contributed by atoms with Gasteiger partial charge in [-0.1, -0.05) is 30.3 Å².